The topological polar surface area (TPSA) is 102 Å². The molecule has 7 nitrogen and oxygen atoms in total. The Kier molecular flexibility index (Phi) is 7.45. The Bertz CT molecular complexity index is 1260. The molecule has 9 heteroatoms. The maximum absolute atomic E-state index is 12.5. The third-order valence-electron chi connectivity index (χ3n) is 4.06. The highest BCUT2D eigenvalue weighted by Crippen LogP contribution is 2.29. The average Bonchev–Trinajstić information content (AvgIpc) is 2.75. The molecule has 0 heterocycles. The van der Waals surface area contributed by atoms with Crippen LogP contribution >= 0.6 is 15.9 Å². The number of halogens is 1. The highest BCUT2D eigenvalue weighted by atomic mass is 79.9. The Labute approximate surface area is 194 Å². The molecule has 0 aliphatic heterocycles. The van der Waals surface area contributed by atoms with Gasteiger partial charge in [-0.05, 0) is 64.0 Å². The van der Waals surface area contributed by atoms with Crippen molar-refractivity contribution >= 4 is 43.8 Å². The van der Waals surface area contributed by atoms with Crippen LogP contribution in [0.5, 0.6) is 11.5 Å². The SMILES string of the molecule is CS(=O)(=O)NC(=O)C(=Cc1ccc(Oc2ccccc2Br)cc1)NC(=O)c1ccccc1. The van der Waals surface area contributed by atoms with Crippen molar-refractivity contribution in [2.24, 2.45) is 0 Å². The van der Waals surface area contributed by atoms with Gasteiger partial charge in [0.15, 0.2) is 0 Å². The molecule has 32 heavy (non-hydrogen) atoms. The summed E-state index contributed by atoms with van der Waals surface area (Å²) >= 11 is 3.41. The first kappa shape index (κ1) is 23.2. The van der Waals surface area contributed by atoms with E-state index >= 15 is 0 Å². The molecular weight excluding hydrogens is 496 g/mol. The highest BCUT2D eigenvalue weighted by molar-refractivity contribution is 9.10. The lowest BCUT2D eigenvalue weighted by Gasteiger charge is -2.11. The molecule has 0 saturated carbocycles. The Morgan fingerprint density at radius 1 is 0.906 bits per heavy atom. The van der Waals surface area contributed by atoms with Crippen LogP contribution in [0.1, 0.15) is 15.9 Å². The molecule has 164 valence electrons. The first-order valence-corrected chi connectivity index (χ1v) is 12.0. The van der Waals surface area contributed by atoms with Crippen molar-refractivity contribution < 1.29 is 22.7 Å². The maximum atomic E-state index is 12.5. The molecule has 3 aromatic rings. The minimum Gasteiger partial charge on any atom is -0.456 e. The van der Waals surface area contributed by atoms with Gasteiger partial charge in [0, 0.05) is 5.56 Å². The van der Waals surface area contributed by atoms with Crippen molar-refractivity contribution in [3.8, 4) is 11.5 Å². The Morgan fingerprint density at radius 2 is 1.53 bits per heavy atom. The predicted octanol–water partition coefficient (Wildman–Crippen LogP) is 4.09. The van der Waals surface area contributed by atoms with Crippen LogP contribution in [0.25, 0.3) is 6.08 Å². The van der Waals surface area contributed by atoms with E-state index in [9.17, 15) is 18.0 Å². The second-order valence-corrected chi connectivity index (χ2v) is 9.29. The zero-order valence-electron chi connectivity index (χ0n) is 16.9. The molecule has 0 spiro atoms. The van der Waals surface area contributed by atoms with Gasteiger partial charge in [-0.3, -0.25) is 9.59 Å². The molecule has 2 amide bonds. The Balaban J connectivity index is 1.84. The first-order chi connectivity index (χ1) is 15.2. The van der Waals surface area contributed by atoms with Gasteiger partial charge in [-0.15, -0.1) is 0 Å². The van der Waals surface area contributed by atoms with Crippen LogP contribution in [0.3, 0.4) is 0 Å². The van der Waals surface area contributed by atoms with Gasteiger partial charge in [-0.1, -0.05) is 42.5 Å². The van der Waals surface area contributed by atoms with Crippen LogP contribution in [-0.4, -0.2) is 26.5 Å². The smallest absolute Gasteiger partial charge is 0.281 e. The molecule has 0 saturated heterocycles. The summed E-state index contributed by atoms with van der Waals surface area (Å²) in [5.74, 6) is -0.302. The lowest BCUT2D eigenvalue weighted by atomic mass is 10.1. The number of ether oxygens (including phenoxy) is 1. The van der Waals surface area contributed by atoms with Crippen LogP contribution in [0, 0.1) is 0 Å². The number of rotatable bonds is 7. The summed E-state index contributed by atoms with van der Waals surface area (Å²) in [6.45, 7) is 0. The number of amides is 2. The van der Waals surface area contributed by atoms with Gasteiger partial charge in [-0.25, -0.2) is 13.1 Å². The third kappa shape index (κ3) is 6.79. The molecule has 0 radical (unpaired) electrons. The van der Waals surface area contributed by atoms with Gasteiger partial charge in [-0.2, -0.15) is 0 Å². The van der Waals surface area contributed by atoms with E-state index in [0.29, 0.717) is 22.6 Å². The Morgan fingerprint density at radius 3 is 2.16 bits per heavy atom. The van der Waals surface area contributed by atoms with E-state index in [4.69, 9.17) is 4.74 Å². The van der Waals surface area contributed by atoms with Crippen molar-refractivity contribution in [3.05, 3.63) is 100 Å². The normalized spacial score (nSPS) is 11.5. The Hall–Kier alpha value is -3.43. The van der Waals surface area contributed by atoms with Crippen molar-refractivity contribution in [2.75, 3.05) is 6.26 Å². The number of sulfonamides is 1. The summed E-state index contributed by atoms with van der Waals surface area (Å²) < 4.78 is 31.5. The number of carbonyl (C=O) groups excluding carboxylic acids is 2. The molecule has 0 aromatic heterocycles. The zero-order valence-corrected chi connectivity index (χ0v) is 19.3. The quantitative estimate of drug-likeness (QED) is 0.462. The second-order valence-electron chi connectivity index (χ2n) is 6.68. The maximum Gasteiger partial charge on any atom is 0.281 e. The van der Waals surface area contributed by atoms with E-state index in [1.807, 2.05) is 29.0 Å². The minimum absolute atomic E-state index is 0.219. The van der Waals surface area contributed by atoms with Crippen molar-refractivity contribution in [2.45, 2.75) is 0 Å². The standard InChI is InChI=1S/C23H19BrN2O5S/c1-32(29,30)26-23(28)20(25-22(27)17-7-3-2-4-8-17)15-16-11-13-18(14-12-16)31-21-10-6-5-9-19(21)24/h2-15H,1H3,(H,25,27)(H,26,28). The number of benzene rings is 3. The number of nitrogens with one attached hydrogen (secondary N) is 2. The number of hydrogen-bond acceptors (Lipinski definition) is 5. The summed E-state index contributed by atoms with van der Waals surface area (Å²) in [5.41, 5.74) is 0.656. The molecular formula is C23H19BrN2O5S. The van der Waals surface area contributed by atoms with E-state index < -0.39 is 21.8 Å². The highest BCUT2D eigenvalue weighted by Gasteiger charge is 2.17. The average molecular weight is 515 g/mol. The lowest BCUT2D eigenvalue weighted by Crippen LogP contribution is -2.37. The summed E-state index contributed by atoms with van der Waals surface area (Å²) in [6, 6.07) is 22.4. The van der Waals surface area contributed by atoms with Gasteiger partial charge >= 0.3 is 0 Å². The fourth-order valence-electron chi connectivity index (χ4n) is 2.62. The first-order valence-electron chi connectivity index (χ1n) is 9.34. The molecule has 3 rings (SSSR count). The molecule has 0 atom stereocenters. The van der Waals surface area contributed by atoms with Crippen LogP contribution in [0.4, 0.5) is 0 Å². The van der Waals surface area contributed by atoms with Crippen molar-refractivity contribution in [1.29, 1.82) is 0 Å². The number of para-hydroxylation sites is 1. The predicted molar refractivity (Wildman–Crippen MR) is 126 cm³/mol. The number of carbonyl (C=O) groups is 2. The van der Waals surface area contributed by atoms with Crippen molar-refractivity contribution in [1.82, 2.24) is 10.0 Å². The van der Waals surface area contributed by atoms with Crippen LogP contribution < -0.4 is 14.8 Å². The fourth-order valence-corrected chi connectivity index (χ4v) is 3.43. The third-order valence-corrected chi connectivity index (χ3v) is 5.27. The van der Waals surface area contributed by atoms with Gasteiger partial charge in [0.2, 0.25) is 10.0 Å². The minimum atomic E-state index is -3.82. The zero-order chi connectivity index (χ0) is 23.1. The van der Waals surface area contributed by atoms with Crippen LogP contribution in [0.15, 0.2) is 89.0 Å². The largest absolute Gasteiger partial charge is 0.456 e. The van der Waals surface area contributed by atoms with Crippen LogP contribution in [0.2, 0.25) is 0 Å². The van der Waals surface area contributed by atoms with Gasteiger partial charge in [0.05, 0.1) is 10.7 Å². The molecule has 3 aromatic carbocycles. The molecule has 0 unspecified atom stereocenters. The summed E-state index contributed by atoms with van der Waals surface area (Å²) in [4.78, 5) is 25.0. The van der Waals surface area contributed by atoms with Crippen molar-refractivity contribution in [3.63, 3.8) is 0 Å². The van der Waals surface area contributed by atoms with E-state index in [0.717, 1.165) is 10.7 Å². The summed E-state index contributed by atoms with van der Waals surface area (Å²) in [6.07, 6.45) is 2.24. The van der Waals surface area contributed by atoms with Gasteiger partial charge in [0.1, 0.15) is 17.2 Å². The summed E-state index contributed by atoms with van der Waals surface area (Å²) in [5, 5.41) is 2.47. The molecule has 0 aliphatic rings. The molecule has 2 N–H and O–H groups in total. The second kappa shape index (κ2) is 10.3. The molecule has 0 bridgehead atoms. The number of hydrogen-bond donors (Lipinski definition) is 2. The van der Waals surface area contributed by atoms with E-state index in [1.54, 1.807) is 54.6 Å². The monoisotopic (exact) mass is 514 g/mol. The van der Waals surface area contributed by atoms with Gasteiger partial charge < -0.3 is 10.1 Å². The molecule has 0 fully saturated rings. The van der Waals surface area contributed by atoms with Gasteiger partial charge in [0.25, 0.3) is 11.8 Å². The van der Waals surface area contributed by atoms with Crippen LogP contribution in [-0.2, 0) is 14.8 Å². The lowest BCUT2D eigenvalue weighted by molar-refractivity contribution is -0.116. The van der Waals surface area contributed by atoms with E-state index in [1.165, 1.54) is 6.08 Å². The summed E-state index contributed by atoms with van der Waals surface area (Å²) in [7, 11) is -3.82. The fraction of sp³-hybridized carbons (Fsp3) is 0.0435. The van der Waals surface area contributed by atoms with E-state index in [-0.39, 0.29) is 5.70 Å². The van der Waals surface area contributed by atoms with E-state index in [2.05, 4.69) is 21.2 Å². The molecule has 0 aliphatic carbocycles.